The molecule has 1 unspecified atom stereocenters. The van der Waals surface area contributed by atoms with Gasteiger partial charge in [-0.25, -0.2) is 9.97 Å². The van der Waals surface area contributed by atoms with Crippen molar-refractivity contribution in [1.29, 1.82) is 0 Å². The Bertz CT molecular complexity index is 293. The van der Waals surface area contributed by atoms with Gasteiger partial charge in [-0.1, -0.05) is 0 Å². The predicted molar refractivity (Wildman–Crippen MR) is 62.3 cm³/mol. The van der Waals surface area contributed by atoms with Crippen molar-refractivity contribution in [3.63, 3.8) is 0 Å². The van der Waals surface area contributed by atoms with Gasteiger partial charge >= 0.3 is 0 Å². The highest BCUT2D eigenvalue weighted by molar-refractivity contribution is 4.70. The number of aliphatic hydroxyl groups excluding tert-OH is 1. The lowest BCUT2D eigenvalue weighted by Gasteiger charge is -1.82. The topological polar surface area (TPSA) is 81.9 Å². The van der Waals surface area contributed by atoms with E-state index < -0.39 is 6.23 Å². The fourth-order valence-electron chi connectivity index (χ4n) is 0.652. The number of hydrogen-bond acceptors (Lipinski definition) is 4. The van der Waals surface area contributed by atoms with Gasteiger partial charge in [-0.3, -0.25) is 0 Å². The van der Waals surface area contributed by atoms with Gasteiger partial charge in [-0.15, -0.1) is 0 Å². The highest BCUT2D eigenvalue weighted by Gasteiger charge is 1.70. The molecule has 0 spiro atoms. The Balaban J connectivity index is 0.000000217. The van der Waals surface area contributed by atoms with Gasteiger partial charge in [-0.05, 0) is 6.92 Å². The van der Waals surface area contributed by atoms with Crippen molar-refractivity contribution in [1.82, 2.24) is 19.1 Å². The molecule has 0 saturated heterocycles. The fourth-order valence-corrected chi connectivity index (χ4v) is 0.652. The molecule has 2 heterocycles. The van der Waals surface area contributed by atoms with Crippen molar-refractivity contribution >= 4 is 0 Å². The van der Waals surface area contributed by atoms with E-state index in [1.807, 2.05) is 35.6 Å². The normalized spacial score (nSPS) is 10.6. The molecule has 1 atom stereocenters. The van der Waals surface area contributed by atoms with E-state index in [0.29, 0.717) is 0 Å². The Morgan fingerprint density at radius 2 is 1.38 bits per heavy atom. The molecule has 0 aliphatic heterocycles. The van der Waals surface area contributed by atoms with Crippen LogP contribution in [0, 0.1) is 0 Å². The van der Waals surface area contributed by atoms with Gasteiger partial charge in [0.25, 0.3) is 0 Å². The van der Waals surface area contributed by atoms with E-state index in [4.69, 9.17) is 5.11 Å². The van der Waals surface area contributed by atoms with Crippen molar-refractivity contribution in [2.75, 3.05) is 0 Å². The third-order valence-corrected chi connectivity index (χ3v) is 1.27. The van der Waals surface area contributed by atoms with Gasteiger partial charge in [0, 0.05) is 38.9 Å². The Morgan fingerprint density at radius 1 is 1.06 bits per heavy atom. The second kappa shape index (κ2) is 8.63. The van der Waals surface area contributed by atoms with Crippen molar-refractivity contribution in [3.05, 3.63) is 37.4 Å². The number of imidazole rings is 2. The highest BCUT2D eigenvalue weighted by atomic mass is 16.3. The maximum Gasteiger partial charge on any atom is 0.0991 e. The van der Waals surface area contributed by atoms with E-state index in [2.05, 4.69) is 15.7 Å². The predicted octanol–water partition coefficient (Wildman–Crippen LogP) is 0.124. The molecule has 0 amide bonds. The van der Waals surface area contributed by atoms with Gasteiger partial charge in [-0.2, -0.15) is 0 Å². The summed E-state index contributed by atoms with van der Waals surface area (Å²) >= 11 is 0. The molecule has 90 valence electrons. The minimum Gasteiger partial charge on any atom is -0.379 e. The molecule has 0 radical (unpaired) electrons. The van der Waals surface area contributed by atoms with Crippen LogP contribution in [0.1, 0.15) is 6.92 Å². The van der Waals surface area contributed by atoms with Gasteiger partial charge < -0.3 is 20.0 Å². The number of nitrogens with zero attached hydrogens (tertiary/aromatic N) is 4. The van der Waals surface area contributed by atoms with Crippen LogP contribution in [-0.2, 0) is 14.1 Å². The van der Waals surface area contributed by atoms with E-state index in [0.717, 1.165) is 0 Å². The number of hydrogen-bond donors (Lipinski definition) is 2. The van der Waals surface area contributed by atoms with Crippen LogP contribution >= 0.6 is 0 Å². The summed E-state index contributed by atoms with van der Waals surface area (Å²) in [6, 6.07) is 0. The number of aryl methyl sites for hydroxylation is 2. The van der Waals surface area contributed by atoms with Crippen LogP contribution in [0.4, 0.5) is 0 Å². The molecule has 16 heavy (non-hydrogen) atoms. The first-order chi connectivity index (χ1) is 7.52. The zero-order valence-electron chi connectivity index (χ0n) is 9.85. The van der Waals surface area contributed by atoms with Gasteiger partial charge in [0.15, 0.2) is 0 Å². The maximum atomic E-state index is 7.83. The molecule has 0 aliphatic carbocycles. The minimum absolute atomic E-state index is 0.667. The summed E-state index contributed by atoms with van der Waals surface area (Å²) in [6.45, 7) is 1.50. The van der Waals surface area contributed by atoms with Crippen LogP contribution in [0.15, 0.2) is 37.4 Å². The third kappa shape index (κ3) is 10.4. The van der Waals surface area contributed by atoms with Gasteiger partial charge in [0.05, 0.1) is 18.9 Å². The number of nitrogens with two attached hydrogens (primary N) is 1. The minimum atomic E-state index is -0.667. The number of rotatable bonds is 0. The zero-order chi connectivity index (χ0) is 12.4. The van der Waals surface area contributed by atoms with Gasteiger partial charge in [0.2, 0.25) is 0 Å². The van der Waals surface area contributed by atoms with E-state index in [1.165, 1.54) is 6.92 Å². The number of aliphatic hydroxyl groups is 1. The summed E-state index contributed by atoms with van der Waals surface area (Å²) in [5, 5.41) is 7.83. The van der Waals surface area contributed by atoms with Crippen LogP contribution in [0.25, 0.3) is 0 Å². The first-order valence-corrected chi connectivity index (χ1v) is 4.80. The van der Waals surface area contributed by atoms with Crippen molar-refractivity contribution in [2.45, 2.75) is 13.2 Å². The molecule has 0 fully saturated rings. The summed E-state index contributed by atoms with van der Waals surface area (Å²) in [5.41, 5.74) is 4.67. The average Bonchev–Trinajstić information content (AvgIpc) is 2.78. The summed E-state index contributed by atoms with van der Waals surface area (Å²) < 4.78 is 3.78. The quantitative estimate of drug-likeness (QED) is 0.624. The van der Waals surface area contributed by atoms with Crippen LogP contribution in [0.2, 0.25) is 0 Å². The molecular weight excluding hydrogens is 206 g/mol. The van der Waals surface area contributed by atoms with Crippen LogP contribution < -0.4 is 5.73 Å². The Hall–Kier alpha value is -1.66. The first kappa shape index (κ1) is 14.3. The smallest absolute Gasteiger partial charge is 0.0991 e. The molecule has 3 N–H and O–H groups in total. The third-order valence-electron chi connectivity index (χ3n) is 1.27. The SMILES string of the molecule is CC(N)O.Cn1ccnc1.Cn1ccnc1. The lowest BCUT2D eigenvalue weighted by atomic mass is 10.7. The molecule has 2 aromatic rings. The zero-order valence-corrected chi connectivity index (χ0v) is 9.85. The molecular formula is C10H19N5O. The van der Waals surface area contributed by atoms with Crippen LogP contribution in [0.5, 0.6) is 0 Å². The van der Waals surface area contributed by atoms with E-state index in [9.17, 15) is 0 Å². The highest BCUT2D eigenvalue weighted by Crippen LogP contribution is 1.74. The molecule has 6 heteroatoms. The Labute approximate surface area is 95.4 Å². The molecule has 0 aromatic carbocycles. The largest absolute Gasteiger partial charge is 0.379 e. The number of aromatic nitrogens is 4. The van der Waals surface area contributed by atoms with Crippen molar-refractivity contribution in [3.8, 4) is 0 Å². The summed E-state index contributed by atoms with van der Waals surface area (Å²) in [6.07, 6.45) is 10.1. The summed E-state index contributed by atoms with van der Waals surface area (Å²) in [4.78, 5) is 7.57. The Kier molecular flexibility index (Phi) is 7.74. The Morgan fingerprint density at radius 3 is 1.44 bits per heavy atom. The van der Waals surface area contributed by atoms with E-state index in [-0.39, 0.29) is 0 Å². The standard InChI is InChI=1S/2C4H6N2.C2H7NO/c2*1-6-3-2-5-4-6;1-2(3)4/h2*2-4H,1H3;2,4H,3H2,1H3. The van der Waals surface area contributed by atoms with Crippen molar-refractivity contribution in [2.24, 2.45) is 19.8 Å². The second-order valence-corrected chi connectivity index (χ2v) is 3.20. The second-order valence-electron chi connectivity index (χ2n) is 3.20. The van der Waals surface area contributed by atoms with Crippen LogP contribution in [-0.4, -0.2) is 30.4 Å². The molecule has 0 saturated carbocycles. The average molecular weight is 225 g/mol. The van der Waals surface area contributed by atoms with E-state index in [1.54, 1.807) is 25.0 Å². The summed E-state index contributed by atoms with van der Waals surface area (Å²) in [7, 11) is 3.88. The molecule has 2 rings (SSSR count). The maximum absolute atomic E-state index is 7.83. The molecule has 0 aliphatic rings. The molecule has 2 aromatic heterocycles. The first-order valence-electron chi connectivity index (χ1n) is 4.80. The monoisotopic (exact) mass is 225 g/mol. The summed E-state index contributed by atoms with van der Waals surface area (Å²) in [5.74, 6) is 0. The van der Waals surface area contributed by atoms with E-state index >= 15 is 0 Å². The van der Waals surface area contributed by atoms with Crippen LogP contribution in [0.3, 0.4) is 0 Å². The molecule has 6 nitrogen and oxygen atoms in total. The van der Waals surface area contributed by atoms with Crippen molar-refractivity contribution < 1.29 is 5.11 Å². The lowest BCUT2D eigenvalue weighted by Crippen LogP contribution is -2.11. The molecule has 0 bridgehead atoms. The fraction of sp³-hybridized carbons (Fsp3) is 0.400. The lowest BCUT2D eigenvalue weighted by molar-refractivity contribution is 0.203. The van der Waals surface area contributed by atoms with Gasteiger partial charge in [0.1, 0.15) is 0 Å².